The highest BCUT2D eigenvalue weighted by Crippen LogP contribution is 2.25. The van der Waals surface area contributed by atoms with Gasteiger partial charge in [0.2, 0.25) is 0 Å². The van der Waals surface area contributed by atoms with E-state index >= 15 is 0 Å². The third-order valence-electron chi connectivity index (χ3n) is 3.99. The van der Waals surface area contributed by atoms with E-state index in [9.17, 15) is 0 Å². The monoisotopic (exact) mass is 256 g/mol. The smallest absolute Gasteiger partial charge is 0.191 e. The van der Waals surface area contributed by atoms with Gasteiger partial charge in [-0.2, -0.15) is 0 Å². The summed E-state index contributed by atoms with van der Waals surface area (Å²) in [6, 6.07) is 0. The van der Waals surface area contributed by atoms with Crippen LogP contribution in [0.25, 0.3) is 0 Å². The van der Waals surface area contributed by atoms with Gasteiger partial charge in [-0.1, -0.05) is 20.8 Å². The summed E-state index contributed by atoms with van der Waals surface area (Å²) in [4.78, 5) is 9.04. The van der Waals surface area contributed by atoms with Gasteiger partial charge >= 0.3 is 0 Å². The summed E-state index contributed by atoms with van der Waals surface area (Å²) in [5.41, 5.74) is 6.00. The molecule has 0 fully saturated rings. The molecule has 1 rings (SSSR count). The van der Waals surface area contributed by atoms with Crippen molar-refractivity contribution in [3.63, 3.8) is 0 Å². The molecule has 0 amide bonds. The van der Waals surface area contributed by atoms with Crippen molar-refractivity contribution in [2.45, 2.75) is 32.7 Å². The first kappa shape index (κ1) is 15.2. The van der Waals surface area contributed by atoms with E-state index in [0.717, 1.165) is 39.1 Å². The van der Waals surface area contributed by atoms with Gasteiger partial charge in [-0.15, -0.1) is 0 Å². The number of guanidine groups is 1. The van der Waals surface area contributed by atoms with E-state index in [0.29, 0.717) is 12.6 Å². The number of nitrogens with zero attached hydrogens (tertiary/aromatic N) is 3. The lowest BCUT2D eigenvalue weighted by atomic mass is 9.96. The summed E-state index contributed by atoms with van der Waals surface area (Å²) in [6.07, 6.45) is 1.00. The van der Waals surface area contributed by atoms with Crippen LogP contribution in [0.15, 0.2) is 4.99 Å². The average molecular weight is 256 g/mol. The highest BCUT2D eigenvalue weighted by molar-refractivity contribution is 5.81. The van der Waals surface area contributed by atoms with Gasteiger partial charge in [-0.05, 0) is 19.5 Å². The van der Waals surface area contributed by atoms with E-state index < -0.39 is 0 Å². The molecule has 1 heterocycles. The zero-order chi connectivity index (χ0) is 13.6. The Bertz CT molecular complexity index is 278. The SMILES string of the molecule is CCN(CC)CCN1C(N)=NCC1(CC)COC. The molecule has 0 aromatic rings. The van der Waals surface area contributed by atoms with E-state index in [1.807, 2.05) is 0 Å². The zero-order valence-electron chi connectivity index (χ0n) is 12.3. The van der Waals surface area contributed by atoms with E-state index in [1.165, 1.54) is 0 Å². The van der Waals surface area contributed by atoms with Gasteiger partial charge in [-0.3, -0.25) is 4.99 Å². The van der Waals surface area contributed by atoms with Crippen molar-refractivity contribution < 1.29 is 4.74 Å². The Morgan fingerprint density at radius 2 is 2.06 bits per heavy atom. The second kappa shape index (κ2) is 6.95. The van der Waals surface area contributed by atoms with Gasteiger partial charge in [0.05, 0.1) is 18.7 Å². The summed E-state index contributed by atoms with van der Waals surface area (Å²) >= 11 is 0. The van der Waals surface area contributed by atoms with E-state index in [-0.39, 0.29) is 5.54 Å². The van der Waals surface area contributed by atoms with Crippen LogP contribution in [-0.2, 0) is 4.74 Å². The molecule has 0 aromatic carbocycles. The number of aliphatic imine (C=N–C) groups is 1. The molecule has 5 heteroatoms. The predicted molar refractivity (Wildman–Crippen MR) is 75.9 cm³/mol. The van der Waals surface area contributed by atoms with Crippen LogP contribution in [0.2, 0.25) is 0 Å². The van der Waals surface area contributed by atoms with Gasteiger partial charge in [0, 0.05) is 20.2 Å². The van der Waals surface area contributed by atoms with Crippen molar-refractivity contribution in [2.75, 3.05) is 46.4 Å². The second-order valence-corrected chi connectivity index (χ2v) is 4.86. The van der Waals surface area contributed by atoms with Gasteiger partial charge in [0.15, 0.2) is 5.96 Å². The first-order chi connectivity index (χ1) is 8.63. The molecule has 0 saturated carbocycles. The average Bonchev–Trinajstić information content (AvgIpc) is 2.69. The van der Waals surface area contributed by atoms with Gasteiger partial charge in [0.1, 0.15) is 0 Å². The van der Waals surface area contributed by atoms with Crippen LogP contribution in [0.5, 0.6) is 0 Å². The molecule has 106 valence electrons. The Hall–Kier alpha value is -0.810. The molecule has 0 spiro atoms. The van der Waals surface area contributed by atoms with Crippen LogP contribution in [0.4, 0.5) is 0 Å². The molecule has 0 aliphatic carbocycles. The third-order valence-corrected chi connectivity index (χ3v) is 3.99. The summed E-state index contributed by atoms with van der Waals surface area (Å²) in [5, 5.41) is 0. The summed E-state index contributed by atoms with van der Waals surface area (Å²) in [6.45, 7) is 12.1. The van der Waals surface area contributed by atoms with Crippen molar-refractivity contribution in [3.05, 3.63) is 0 Å². The molecule has 0 bridgehead atoms. The number of hydrogen-bond acceptors (Lipinski definition) is 5. The van der Waals surface area contributed by atoms with Gasteiger partial charge < -0.3 is 20.3 Å². The van der Waals surface area contributed by atoms with Crippen LogP contribution in [0.3, 0.4) is 0 Å². The number of hydrogen-bond donors (Lipinski definition) is 1. The molecule has 18 heavy (non-hydrogen) atoms. The number of rotatable bonds is 8. The fourth-order valence-electron chi connectivity index (χ4n) is 2.57. The molecular weight excluding hydrogens is 228 g/mol. The van der Waals surface area contributed by atoms with Crippen LogP contribution in [0.1, 0.15) is 27.2 Å². The molecular formula is C13H28N4O. The standard InChI is InChI=1S/C13H28N4O/c1-5-13(11-18-4)10-15-12(14)17(13)9-8-16(6-2)7-3/h5-11H2,1-4H3,(H2,14,15). The fraction of sp³-hybridized carbons (Fsp3) is 0.923. The fourth-order valence-corrected chi connectivity index (χ4v) is 2.57. The number of nitrogens with two attached hydrogens (primary N) is 1. The van der Waals surface area contributed by atoms with Crippen LogP contribution in [0, 0.1) is 0 Å². The highest BCUT2D eigenvalue weighted by Gasteiger charge is 2.40. The van der Waals surface area contributed by atoms with Crippen LogP contribution < -0.4 is 5.73 Å². The number of likely N-dealkylation sites (N-methyl/N-ethyl adjacent to an activating group) is 1. The summed E-state index contributed by atoms with van der Waals surface area (Å²) < 4.78 is 5.37. The Labute approximate surface area is 111 Å². The lowest BCUT2D eigenvalue weighted by Gasteiger charge is -2.39. The first-order valence-corrected chi connectivity index (χ1v) is 6.92. The molecule has 2 N–H and O–H groups in total. The number of ether oxygens (including phenoxy) is 1. The molecule has 0 radical (unpaired) electrons. The molecule has 5 nitrogen and oxygen atoms in total. The maximum absolute atomic E-state index is 6.03. The van der Waals surface area contributed by atoms with Crippen molar-refractivity contribution in [2.24, 2.45) is 10.7 Å². The summed E-state index contributed by atoms with van der Waals surface area (Å²) in [5.74, 6) is 0.668. The van der Waals surface area contributed by atoms with Crippen molar-refractivity contribution in [1.82, 2.24) is 9.80 Å². The quantitative estimate of drug-likeness (QED) is 0.696. The maximum Gasteiger partial charge on any atom is 0.191 e. The van der Waals surface area contributed by atoms with Gasteiger partial charge in [-0.25, -0.2) is 0 Å². The predicted octanol–water partition coefficient (Wildman–Crippen LogP) is 0.754. The Balaban J connectivity index is 2.66. The van der Waals surface area contributed by atoms with Gasteiger partial charge in [0.25, 0.3) is 0 Å². The number of methoxy groups -OCH3 is 1. The Morgan fingerprint density at radius 1 is 1.39 bits per heavy atom. The first-order valence-electron chi connectivity index (χ1n) is 6.92. The molecule has 0 aromatic heterocycles. The maximum atomic E-state index is 6.03. The van der Waals surface area contributed by atoms with E-state index in [1.54, 1.807) is 7.11 Å². The zero-order valence-corrected chi connectivity index (χ0v) is 12.3. The molecule has 1 aliphatic rings. The summed E-state index contributed by atoms with van der Waals surface area (Å²) in [7, 11) is 1.74. The van der Waals surface area contributed by atoms with Crippen molar-refractivity contribution in [1.29, 1.82) is 0 Å². The molecule has 0 saturated heterocycles. The molecule has 1 unspecified atom stereocenters. The Kier molecular flexibility index (Phi) is 5.88. The van der Waals surface area contributed by atoms with E-state index in [2.05, 4.69) is 35.6 Å². The van der Waals surface area contributed by atoms with Crippen molar-refractivity contribution >= 4 is 5.96 Å². The normalized spacial score (nSPS) is 23.8. The lowest BCUT2D eigenvalue weighted by molar-refractivity contribution is 0.0588. The largest absolute Gasteiger partial charge is 0.382 e. The van der Waals surface area contributed by atoms with Crippen LogP contribution >= 0.6 is 0 Å². The highest BCUT2D eigenvalue weighted by atomic mass is 16.5. The minimum absolute atomic E-state index is 0.0357. The topological polar surface area (TPSA) is 54.1 Å². The molecule has 1 aliphatic heterocycles. The minimum Gasteiger partial charge on any atom is -0.382 e. The van der Waals surface area contributed by atoms with E-state index in [4.69, 9.17) is 10.5 Å². The third kappa shape index (κ3) is 3.14. The minimum atomic E-state index is -0.0357. The molecule has 1 atom stereocenters. The second-order valence-electron chi connectivity index (χ2n) is 4.86. The van der Waals surface area contributed by atoms with Crippen molar-refractivity contribution in [3.8, 4) is 0 Å². The van der Waals surface area contributed by atoms with Crippen LogP contribution in [-0.4, -0.2) is 67.7 Å². The lowest BCUT2D eigenvalue weighted by Crippen LogP contribution is -2.56. The Morgan fingerprint density at radius 3 is 2.56 bits per heavy atom.